The van der Waals surface area contributed by atoms with Gasteiger partial charge in [-0.1, -0.05) is 13.8 Å². The first-order valence-corrected chi connectivity index (χ1v) is 5.06. The molecule has 0 atom stereocenters. The Morgan fingerprint density at radius 3 is 2.87 bits per heavy atom. The van der Waals surface area contributed by atoms with E-state index in [1.807, 2.05) is 18.3 Å². The Bertz CT molecular complexity index is 419. The Hall–Kier alpha value is -1.71. The van der Waals surface area contributed by atoms with E-state index in [0.717, 1.165) is 17.9 Å². The monoisotopic (exact) mass is 202 g/mol. The van der Waals surface area contributed by atoms with Crippen LogP contribution in [-0.2, 0) is 6.42 Å². The molecule has 2 heterocycles. The molecular weight excluding hydrogens is 188 g/mol. The lowest BCUT2D eigenvalue weighted by molar-refractivity contribution is 0.627. The van der Waals surface area contributed by atoms with Crippen molar-refractivity contribution in [1.29, 1.82) is 0 Å². The van der Waals surface area contributed by atoms with Crippen molar-refractivity contribution in [2.45, 2.75) is 20.3 Å². The van der Waals surface area contributed by atoms with Gasteiger partial charge in [-0.2, -0.15) is 5.10 Å². The Morgan fingerprint density at radius 1 is 1.33 bits per heavy atom. The van der Waals surface area contributed by atoms with Crippen LogP contribution in [0.2, 0.25) is 0 Å². The van der Waals surface area contributed by atoms with Gasteiger partial charge in [0.15, 0.2) is 5.82 Å². The van der Waals surface area contributed by atoms with E-state index in [0.29, 0.717) is 5.92 Å². The molecule has 0 amide bonds. The van der Waals surface area contributed by atoms with E-state index in [1.54, 1.807) is 10.9 Å². The molecule has 0 N–H and O–H groups in total. The van der Waals surface area contributed by atoms with Gasteiger partial charge in [-0.25, -0.2) is 14.6 Å². The molecule has 2 aromatic heterocycles. The van der Waals surface area contributed by atoms with Crippen LogP contribution < -0.4 is 0 Å². The third-order valence-electron chi connectivity index (χ3n) is 2.06. The molecule has 0 unspecified atom stereocenters. The second-order valence-corrected chi connectivity index (χ2v) is 3.92. The maximum atomic E-state index is 4.45. The normalized spacial score (nSPS) is 10.9. The minimum absolute atomic E-state index is 0.624. The molecule has 0 saturated heterocycles. The molecule has 0 fully saturated rings. The maximum Gasteiger partial charge on any atom is 0.156 e. The molecule has 0 bridgehead atoms. The number of rotatable bonds is 3. The van der Waals surface area contributed by atoms with E-state index in [-0.39, 0.29) is 0 Å². The lowest BCUT2D eigenvalue weighted by Gasteiger charge is -2.00. The number of hydrogen-bond donors (Lipinski definition) is 0. The van der Waals surface area contributed by atoms with Crippen molar-refractivity contribution >= 4 is 0 Å². The Kier molecular flexibility index (Phi) is 2.76. The zero-order valence-corrected chi connectivity index (χ0v) is 8.96. The molecule has 15 heavy (non-hydrogen) atoms. The zero-order valence-electron chi connectivity index (χ0n) is 8.96. The fraction of sp³-hybridized carbons (Fsp3) is 0.364. The van der Waals surface area contributed by atoms with Crippen LogP contribution in [0.4, 0.5) is 0 Å². The molecular formula is C11H14N4. The predicted molar refractivity (Wildman–Crippen MR) is 57.7 cm³/mol. The topological polar surface area (TPSA) is 43.6 Å². The van der Waals surface area contributed by atoms with E-state index in [1.165, 1.54) is 6.33 Å². The van der Waals surface area contributed by atoms with Crippen LogP contribution in [0.15, 0.2) is 30.9 Å². The van der Waals surface area contributed by atoms with Crippen LogP contribution in [0.25, 0.3) is 5.82 Å². The van der Waals surface area contributed by atoms with Gasteiger partial charge in [-0.3, -0.25) is 0 Å². The smallest absolute Gasteiger partial charge is 0.156 e. The highest BCUT2D eigenvalue weighted by Crippen LogP contribution is 2.07. The molecule has 0 saturated carbocycles. The Labute approximate surface area is 89.0 Å². The zero-order chi connectivity index (χ0) is 10.7. The van der Waals surface area contributed by atoms with E-state index >= 15 is 0 Å². The highest BCUT2D eigenvalue weighted by molar-refractivity contribution is 5.18. The average molecular weight is 202 g/mol. The highest BCUT2D eigenvalue weighted by Gasteiger charge is 2.03. The molecule has 0 aromatic carbocycles. The minimum atomic E-state index is 0.624. The van der Waals surface area contributed by atoms with Gasteiger partial charge in [0, 0.05) is 18.5 Å². The molecule has 4 heteroatoms. The molecule has 2 rings (SSSR count). The quantitative estimate of drug-likeness (QED) is 0.763. The van der Waals surface area contributed by atoms with E-state index < -0.39 is 0 Å². The van der Waals surface area contributed by atoms with Gasteiger partial charge < -0.3 is 0 Å². The summed E-state index contributed by atoms with van der Waals surface area (Å²) in [4.78, 5) is 8.00. The first-order chi connectivity index (χ1) is 7.25. The maximum absolute atomic E-state index is 4.45. The van der Waals surface area contributed by atoms with Gasteiger partial charge >= 0.3 is 0 Å². The van der Waals surface area contributed by atoms with E-state index in [4.69, 9.17) is 0 Å². The second-order valence-electron chi connectivity index (χ2n) is 3.92. The third-order valence-corrected chi connectivity index (χ3v) is 2.06. The van der Waals surface area contributed by atoms with Gasteiger partial charge in [0.05, 0.1) is 5.69 Å². The van der Waals surface area contributed by atoms with Gasteiger partial charge in [-0.05, 0) is 18.4 Å². The summed E-state index contributed by atoms with van der Waals surface area (Å²) in [6.45, 7) is 4.37. The number of hydrogen-bond acceptors (Lipinski definition) is 3. The fourth-order valence-electron chi connectivity index (χ4n) is 1.44. The summed E-state index contributed by atoms with van der Waals surface area (Å²) in [5.41, 5.74) is 1.10. The van der Waals surface area contributed by atoms with Crippen molar-refractivity contribution in [3.63, 3.8) is 0 Å². The molecule has 0 aliphatic rings. The van der Waals surface area contributed by atoms with Crippen LogP contribution in [0.5, 0.6) is 0 Å². The SMILES string of the molecule is CC(C)Cc1ccn(-c2ccncn2)n1. The summed E-state index contributed by atoms with van der Waals surface area (Å²) in [5.74, 6) is 1.43. The van der Waals surface area contributed by atoms with Crippen molar-refractivity contribution in [2.75, 3.05) is 0 Å². The number of nitrogens with zero attached hydrogens (tertiary/aromatic N) is 4. The first kappa shape index (κ1) is 9.83. The molecule has 0 aliphatic carbocycles. The minimum Gasteiger partial charge on any atom is -0.245 e. The molecule has 0 spiro atoms. The van der Waals surface area contributed by atoms with E-state index in [2.05, 4.69) is 28.9 Å². The predicted octanol–water partition coefficient (Wildman–Crippen LogP) is 1.86. The van der Waals surface area contributed by atoms with Crippen LogP contribution in [0.3, 0.4) is 0 Å². The fourth-order valence-corrected chi connectivity index (χ4v) is 1.44. The van der Waals surface area contributed by atoms with Crippen LogP contribution in [-0.4, -0.2) is 19.7 Å². The summed E-state index contributed by atoms with van der Waals surface area (Å²) in [5, 5.41) is 4.45. The standard InChI is InChI=1S/C11H14N4/c1-9(2)7-10-4-6-15(14-10)11-3-5-12-8-13-11/h3-6,8-9H,7H2,1-2H3. The molecule has 0 radical (unpaired) electrons. The van der Waals surface area contributed by atoms with Gasteiger partial charge in [-0.15, -0.1) is 0 Å². The lowest BCUT2D eigenvalue weighted by Crippen LogP contribution is -2.00. The van der Waals surface area contributed by atoms with Gasteiger partial charge in [0.25, 0.3) is 0 Å². The summed E-state index contributed by atoms with van der Waals surface area (Å²) in [7, 11) is 0. The van der Waals surface area contributed by atoms with Crippen molar-refractivity contribution in [3.8, 4) is 5.82 Å². The number of aromatic nitrogens is 4. The molecule has 0 aliphatic heterocycles. The average Bonchev–Trinajstić information content (AvgIpc) is 2.67. The second kappa shape index (κ2) is 4.21. The lowest BCUT2D eigenvalue weighted by atomic mass is 10.1. The van der Waals surface area contributed by atoms with Crippen molar-refractivity contribution in [1.82, 2.24) is 19.7 Å². The van der Waals surface area contributed by atoms with Crippen molar-refractivity contribution in [2.24, 2.45) is 5.92 Å². The van der Waals surface area contributed by atoms with Crippen molar-refractivity contribution in [3.05, 3.63) is 36.5 Å². The first-order valence-electron chi connectivity index (χ1n) is 5.06. The molecule has 2 aromatic rings. The Balaban J connectivity index is 2.21. The summed E-state index contributed by atoms with van der Waals surface area (Å²) in [6.07, 6.45) is 6.17. The largest absolute Gasteiger partial charge is 0.245 e. The van der Waals surface area contributed by atoms with Crippen molar-refractivity contribution < 1.29 is 0 Å². The third kappa shape index (κ3) is 2.40. The highest BCUT2D eigenvalue weighted by atomic mass is 15.3. The molecule has 4 nitrogen and oxygen atoms in total. The van der Waals surface area contributed by atoms with Gasteiger partial charge in [0.1, 0.15) is 6.33 Å². The Morgan fingerprint density at radius 2 is 2.20 bits per heavy atom. The van der Waals surface area contributed by atoms with Crippen LogP contribution in [0.1, 0.15) is 19.5 Å². The van der Waals surface area contributed by atoms with Gasteiger partial charge in [0.2, 0.25) is 0 Å². The summed E-state index contributed by atoms with van der Waals surface area (Å²) in [6, 6.07) is 3.87. The van der Waals surface area contributed by atoms with E-state index in [9.17, 15) is 0 Å². The van der Waals surface area contributed by atoms with Crippen LogP contribution >= 0.6 is 0 Å². The van der Waals surface area contributed by atoms with Crippen LogP contribution in [0, 0.1) is 5.92 Å². The summed E-state index contributed by atoms with van der Waals surface area (Å²) >= 11 is 0. The summed E-state index contributed by atoms with van der Waals surface area (Å²) < 4.78 is 1.78. The molecule has 78 valence electrons.